The van der Waals surface area contributed by atoms with Crippen molar-refractivity contribution in [2.24, 2.45) is 0 Å². The van der Waals surface area contributed by atoms with Gasteiger partial charge in [0.25, 0.3) is 0 Å². The number of ketones is 1. The maximum Gasteiger partial charge on any atom is 0.173 e. The molecule has 1 aromatic carbocycles. The van der Waals surface area contributed by atoms with Crippen LogP contribution >= 0.6 is 11.8 Å². The van der Waals surface area contributed by atoms with Crippen LogP contribution in [0, 0.1) is 0 Å². The Kier molecular flexibility index (Phi) is 3.67. The van der Waals surface area contributed by atoms with Crippen LogP contribution in [0.2, 0.25) is 0 Å². The number of nitrogens with zero attached hydrogens (tertiary/aromatic N) is 2. The first-order valence-corrected chi connectivity index (χ1v) is 8.27. The van der Waals surface area contributed by atoms with Gasteiger partial charge < -0.3 is 9.47 Å². The third-order valence-electron chi connectivity index (χ3n) is 3.60. The third kappa shape index (κ3) is 2.77. The Hall–Kier alpha value is -2.47. The molecule has 4 rings (SSSR count). The molecule has 116 valence electrons. The van der Waals surface area contributed by atoms with Gasteiger partial charge in [0.2, 0.25) is 0 Å². The molecular formula is C17H14N2O3S. The number of carbonyl (C=O) groups is 1. The number of imidazole rings is 1. The van der Waals surface area contributed by atoms with Gasteiger partial charge in [-0.05, 0) is 30.3 Å². The van der Waals surface area contributed by atoms with E-state index in [-0.39, 0.29) is 5.78 Å². The van der Waals surface area contributed by atoms with E-state index in [4.69, 9.17) is 9.47 Å². The number of ether oxygens (including phenoxy) is 2. The van der Waals surface area contributed by atoms with Crippen molar-refractivity contribution < 1.29 is 14.3 Å². The number of rotatable bonds is 4. The Balaban J connectivity index is 1.50. The van der Waals surface area contributed by atoms with E-state index >= 15 is 0 Å². The van der Waals surface area contributed by atoms with Gasteiger partial charge in [-0.1, -0.05) is 17.8 Å². The molecular weight excluding hydrogens is 312 g/mol. The number of pyridine rings is 1. The normalized spacial score (nSPS) is 13.2. The smallest absolute Gasteiger partial charge is 0.173 e. The first-order chi connectivity index (χ1) is 11.3. The predicted octanol–water partition coefficient (Wildman–Crippen LogP) is 3.08. The number of thioether (sulfide) groups is 1. The van der Waals surface area contributed by atoms with Gasteiger partial charge in [-0.2, -0.15) is 0 Å². The Bertz CT molecular complexity index is 875. The minimum atomic E-state index is 0.0413. The molecule has 0 saturated heterocycles. The van der Waals surface area contributed by atoms with E-state index in [0.717, 1.165) is 10.7 Å². The number of Topliss-reactive ketones (excluding diaryl/α,β-unsaturated/α-hetero) is 1. The van der Waals surface area contributed by atoms with E-state index in [9.17, 15) is 4.79 Å². The van der Waals surface area contributed by atoms with Gasteiger partial charge in [-0.25, -0.2) is 4.98 Å². The maximum atomic E-state index is 12.4. The lowest BCUT2D eigenvalue weighted by Crippen LogP contribution is -2.16. The number of fused-ring (bicyclic) bond motifs is 2. The molecule has 2 aromatic heterocycles. The molecule has 5 nitrogen and oxygen atoms in total. The molecule has 0 bridgehead atoms. The first-order valence-electron chi connectivity index (χ1n) is 7.29. The van der Waals surface area contributed by atoms with E-state index in [1.165, 1.54) is 11.8 Å². The van der Waals surface area contributed by atoms with E-state index in [1.807, 2.05) is 28.8 Å². The van der Waals surface area contributed by atoms with Crippen molar-refractivity contribution >= 4 is 23.1 Å². The van der Waals surface area contributed by atoms with E-state index in [0.29, 0.717) is 36.0 Å². The lowest BCUT2D eigenvalue weighted by Gasteiger charge is -2.18. The van der Waals surface area contributed by atoms with Crippen LogP contribution in [0.5, 0.6) is 11.5 Å². The molecule has 3 heterocycles. The molecule has 0 unspecified atom stereocenters. The van der Waals surface area contributed by atoms with Crippen LogP contribution in [0.3, 0.4) is 0 Å². The number of hydrogen-bond donors (Lipinski definition) is 0. The summed E-state index contributed by atoms with van der Waals surface area (Å²) in [6, 6.07) is 11.2. The van der Waals surface area contributed by atoms with Gasteiger partial charge in [0.05, 0.1) is 17.5 Å². The van der Waals surface area contributed by atoms with Gasteiger partial charge in [-0.15, -0.1) is 0 Å². The Morgan fingerprint density at radius 2 is 2.04 bits per heavy atom. The molecule has 3 aromatic rings. The van der Waals surface area contributed by atoms with Crippen molar-refractivity contribution in [3.05, 3.63) is 54.4 Å². The minimum Gasteiger partial charge on any atom is -0.486 e. The maximum absolute atomic E-state index is 12.4. The summed E-state index contributed by atoms with van der Waals surface area (Å²) >= 11 is 1.43. The zero-order chi connectivity index (χ0) is 15.6. The van der Waals surface area contributed by atoms with E-state index in [2.05, 4.69) is 4.98 Å². The summed E-state index contributed by atoms with van der Waals surface area (Å²) in [5.74, 6) is 1.70. The first kappa shape index (κ1) is 14.1. The van der Waals surface area contributed by atoms with Crippen LogP contribution < -0.4 is 9.47 Å². The second-order valence-electron chi connectivity index (χ2n) is 5.11. The Labute approximate surface area is 137 Å². The van der Waals surface area contributed by atoms with E-state index in [1.54, 1.807) is 24.4 Å². The fraction of sp³-hybridized carbons (Fsp3) is 0.176. The summed E-state index contributed by atoms with van der Waals surface area (Å²) in [5.41, 5.74) is 1.64. The second-order valence-corrected chi connectivity index (χ2v) is 6.05. The van der Waals surface area contributed by atoms with Crippen molar-refractivity contribution in [3.8, 4) is 11.5 Å². The summed E-state index contributed by atoms with van der Waals surface area (Å²) in [4.78, 5) is 16.8. The largest absolute Gasteiger partial charge is 0.486 e. The van der Waals surface area contributed by atoms with Gasteiger partial charge in [0, 0.05) is 11.8 Å². The fourth-order valence-electron chi connectivity index (χ4n) is 2.46. The third-order valence-corrected chi connectivity index (χ3v) is 4.57. The lowest BCUT2D eigenvalue weighted by molar-refractivity contribution is 0.102. The zero-order valence-corrected chi connectivity index (χ0v) is 13.1. The van der Waals surface area contributed by atoms with Gasteiger partial charge >= 0.3 is 0 Å². The highest BCUT2D eigenvalue weighted by molar-refractivity contribution is 7.99. The zero-order valence-electron chi connectivity index (χ0n) is 12.3. The molecule has 1 aliphatic rings. The quantitative estimate of drug-likeness (QED) is 0.545. The van der Waals surface area contributed by atoms with Crippen molar-refractivity contribution in [2.45, 2.75) is 5.16 Å². The average Bonchev–Trinajstić information content (AvgIpc) is 3.02. The summed E-state index contributed by atoms with van der Waals surface area (Å²) < 4.78 is 13.0. The van der Waals surface area contributed by atoms with Crippen molar-refractivity contribution in [1.29, 1.82) is 0 Å². The highest BCUT2D eigenvalue weighted by Gasteiger charge is 2.15. The van der Waals surface area contributed by atoms with Crippen LogP contribution in [0.25, 0.3) is 5.52 Å². The highest BCUT2D eigenvalue weighted by Crippen LogP contribution is 2.31. The van der Waals surface area contributed by atoms with Gasteiger partial charge in [-0.3, -0.25) is 9.20 Å². The minimum absolute atomic E-state index is 0.0413. The van der Waals surface area contributed by atoms with Crippen LogP contribution in [0.15, 0.2) is 53.9 Å². The van der Waals surface area contributed by atoms with Crippen LogP contribution in [-0.2, 0) is 0 Å². The molecule has 0 radical (unpaired) electrons. The summed E-state index contributed by atoms with van der Waals surface area (Å²) in [7, 11) is 0. The van der Waals surface area contributed by atoms with Crippen molar-refractivity contribution in [1.82, 2.24) is 9.38 Å². The lowest BCUT2D eigenvalue weighted by atomic mass is 10.1. The van der Waals surface area contributed by atoms with Crippen LogP contribution in [0.1, 0.15) is 10.4 Å². The van der Waals surface area contributed by atoms with Gasteiger partial charge in [0.1, 0.15) is 13.2 Å². The van der Waals surface area contributed by atoms with Crippen molar-refractivity contribution in [2.75, 3.05) is 19.0 Å². The average molecular weight is 326 g/mol. The molecule has 0 fully saturated rings. The molecule has 23 heavy (non-hydrogen) atoms. The highest BCUT2D eigenvalue weighted by atomic mass is 32.2. The second kappa shape index (κ2) is 5.96. The number of carbonyl (C=O) groups excluding carboxylic acids is 1. The topological polar surface area (TPSA) is 52.8 Å². The van der Waals surface area contributed by atoms with Crippen LogP contribution in [0.4, 0.5) is 0 Å². The molecule has 0 saturated carbocycles. The van der Waals surface area contributed by atoms with Gasteiger partial charge in [0.15, 0.2) is 22.4 Å². The van der Waals surface area contributed by atoms with Crippen LogP contribution in [-0.4, -0.2) is 34.1 Å². The monoisotopic (exact) mass is 326 g/mol. The SMILES string of the molecule is O=C(CSc1ncc2ccccn12)c1ccc2c(c1)OCCO2. The van der Waals surface area contributed by atoms with E-state index < -0.39 is 0 Å². The summed E-state index contributed by atoms with van der Waals surface area (Å²) in [6.07, 6.45) is 3.75. The van der Waals surface area contributed by atoms with Crippen molar-refractivity contribution in [3.63, 3.8) is 0 Å². The summed E-state index contributed by atoms with van der Waals surface area (Å²) in [5, 5.41) is 0.812. The molecule has 0 N–H and O–H groups in total. The molecule has 6 heteroatoms. The number of benzene rings is 1. The standard InChI is InChI=1S/C17H14N2O3S/c20-14(12-4-5-15-16(9-12)22-8-7-21-15)11-23-17-18-10-13-3-1-2-6-19(13)17/h1-6,9-10H,7-8,11H2. The fourth-order valence-corrected chi connectivity index (χ4v) is 3.32. The summed E-state index contributed by atoms with van der Waals surface area (Å²) in [6.45, 7) is 1.06. The molecule has 0 atom stereocenters. The molecule has 0 amide bonds. The molecule has 0 spiro atoms. The number of hydrogen-bond acceptors (Lipinski definition) is 5. The molecule has 1 aliphatic heterocycles. The molecule has 0 aliphatic carbocycles. The Morgan fingerprint density at radius 1 is 1.17 bits per heavy atom. The number of aromatic nitrogens is 2. The predicted molar refractivity (Wildman–Crippen MR) is 87.7 cm³/mol. The Morgan fingerprint density at radius 3 is 2.96 bits per heavy atom.